The van der Waals surface area contributed by atoms with E-state index in [-0.39, 0.29) is 17.5 Å². The van der Waals surface area contributed by atoms with Crippen LogP contribution in [0.3, 0.4) is 0 Å². The summed E-state index contributed by atoms with van der Waals surface area (Å²) in [6.45, 7) is -0.597. The Kier molecular flexibility index (Phi) is 5.77. The van der Waals surface area contributed by atoms with Crippen molar-refractivity contribution in [1.82, 2.24) is 0 Å². The van der Waals surface area contributed by atoms with Crippen molar-refractivity contribution in [2.45, 2.75) is 12.6 Å². The van der Waals surface area contributed by atoms with Gasteiger partial charge in [0.15, 0.2) is 6.61 Å². The third kappa shape index (κ3) is 5.32. The molecule has 1 N–H and O–H groups in total. The number of hydrogen-bond donors (Lipinski definition) is 1. The maximum atomic E-state index is 12.6. The molecule has 9 heteroatoms. The SMILES string of the molecule is N#Cc1ccsc1NC(=O)COC(=O)Cc1cccc(C(F)(F)F)c1. The summed E-state index contributed by atoms with van der Waals surface area (Å²) in [6, 6.07) is 7.73. The third-order valence-corrected chi connectivity index (χ3v) is 3.84. The predicted octanol–water partition coefficient (Wildman–Crippen LogP) is 3.36. The van der Waals surface area contributed by atoms with Crippen molar-refractivity contribution < 1.29 is 27.5 Å². The molecular formula is C16H11F3N2O3S. The Balaban J connectivity index is 1.87. The molecule has 1 aromatic carbocycles. The van der Waals surface area contributed by atoms with Crippen molar-refractivity contribution >= 4 is 28.2 Å². The molecule has 0 saturated heterocycles. The normalized spacial score (nSPS) is 10.8. The van der Waals surface area contributed by atoms with E-state index in [2.05, 4.69) is 5.32 Å². The van der Waals surface area contributed by atoms with Crippen LogP contribution in [0.1, 0.15) is 16.7 Å². The molecule has 1 amide bonds. The predicted molar refractivity (Wildman–Crippen MR) is 83.8 cm³/mol. The number of nitrogens with zero attached hydrogens (tertiary/aromatic N) is 1. The van der Waals surface area contributed by atoms with Gasteiger partial charge in [0.1, 0.15) is 11.1 Å². The molecular weight excluding hydrogens is 357 g/mol. The lowest BCUT2D eigenvalue weighted by atomic mass is 10.1. The zero-order valence-electron chi connectivity index (χ0n) is 12.6. The van der Waals surface area contributed by atoms with Crippen LogP contribution in [0.2, 0.25) is 0 Å². The maximum Gasteiger partial charge on any atom is 0.416 e. The standard InChI is InChI=1S/C16H11F3N2O3S/c17-16(18,19)12-3-1-2-10(6-12)7-14(23)24-9-13(22)21-15-11(8-20)4-5-25-15/h1-6H,7,9H2,(H,21,22). The highest BCUT2D eigenvalue weighted by Crippen LogP contribution is 2.29. The summed E-state index contributed by atoms with van der Waals surface area (Å²) >= 11 is 1.14. The van der Waals surface area contributed by atoms with Gasteiger partial charge < -0.3 is 10.1 Å². The van der Waals surface area contributed by atoms with E-state index in [1.54, 1.807) is 5.38 Å². The molecule has 0 bridgehead atoms. The van der Waals surface area contributed by atoms with Gasteiger partial charge in [-0.25, -0.2) is 0 Å². The van der Waals surface area contributed by atoms with Crippen molar-refractivity contribution in [1.29, 1.82) is 5.26 Å². The van der Waals surface area contributed by atoms with Gasteiger partial charge in [0, 0.05) is 0 Å². The second-order valence-electron chi connectivity index (χ2n) is 4.86. The van der Waals surface area contributed by atoms with E-state index in [0.717, 1.165) is 23.5 Å². The van der Waals surface area contributed by atoms with E-state index in [1.807, 2.05) is 6.07 Å². The number of ether oxygens (including phenoxy) is 1. The highest BCUT2D eigenvalue weighted by atomic mass is 32.1. The monoisotopic (exact) mass is 368 g/mol. The smallest absolute Gasteiger partial charge is 0.416 e. The number of benzene rings is 1. The summed E-state index contributed by atoms with van der Waals surface area (Å²) in [5.41, 5.74) is -0.448. The van der Waals surface area contributed by atoms with E-state index < -0.39 is 30.2 Å². The quantitative estimate of drug-likeness (QED) is 0.821. The largest absolute Gasteiger partial charge is 0.455 e. The topological polar surface area (TPSA) is 79.2 Å². The fraction of sp³-hybridized carbons (Fsp3) is 0.188. The van der Waals surface area contributed by atoms with Crippen molar-refractivity contribution in [2.24, 2.45) is 0 Å². The van der Waals surface area contributed by atoms with Crippen molar-refractivity contribution in [3.8, 4) is 6.07 Å². The first-order valence-corrected chi connectivity index (χ1v) is 7.77. The molecule has 2 rings (SSSR count). The van der Waals surface area contributed by atoms with Crippen LogP contribution < -0.4 is 5.32 Å². The van der Waals surface area contributed by atoms with Crippen LogP contribution in [-0.2, 0) is 26.9 Å². The molecule has 0 saturated carbocycles. The molecule has 0 fully saturated rings. The van der Waals surface area contributed by atoms with Crippen molar-refractivity contribution in [3.05, 3.63) is 52.4 Å². The van der Waals surface area contributed by atoms with Gasteiger partial charge in [0.05, 0.1) is 17.5 Å². The zero-order chi connectivity index (χ0) is 18.4. The molecule has 0 spiro atoms. The number of anilines is 1. The van der Waals surface area contributed by atoms with E-state index in [1.165, 1.54) is 18.2 Å². The van der Waals surface area contributed by atoms with Gasteiger partial charge in [-0.15, -0.1) is 11.3 Å². The van der Waals surface area contributed by atoms with Gasteiger partial charge >= 0.3 is 12.1 Å². The zero-order valence-corrected chi connectivity index (χ0v) is 13.4. The van der Waals surface area contributed by atoms with Crippen molar-refractivity contribution in [2.75, 3.05) is 11.9 Å². The second kappa shape index (κ2) is 7.81. The molecule has 0 atom stereocenters. The van der Waals surface area contributed by atoms with Crippen LogP contribution in [0.25, 0.3) is 0 Å². The van der Waals surface area contributed by atoms with Crippen LogP contribution in [0.4, 0.5) is 18.2 Å². The average Bonchev–Trinajstić information content (AvgIpc) is 2.99. The van der Waals surface area contributed by atoms with Crippen LogP contribution in [0.15, 0.2) is 35.7 Å². The molecule has 1 aromatic heterocycles. The fourth-order valence-corrected chi connectivity index (χ4v) is 2.63. The Bertz CT molecular complexity index is 825. The van der Waals surface area contributed by atoms with E-state index in [9.17, 15) is 22.8 Å². The number of rotatable bonds is 5. The first-order valence-electron chi connectivity index (χ1n) is 6.89. The third-order valence-electron chi connectivity index (χ3n) is 3.01. The highest BCUT2D eigenvalue weighted by Gasteiger charge is 2.30. The molecule has 25 heavy (non-hydrogen) atoms. The van der Waals surface area contributed by atoms with Gasteiger partial charge in [-0.1, -0.05) is 18.2 Å². The van der Waals surface area contributed by atoms with Crippen LogP contribution in [-0.4, -0.2) is 18.5 Å². The Labute approximate surface area is 144 Å². The fourth-order valence-electron chi connectivity index (χ4n) is 1.88. The molecule has 130 valence electrons. The number of nitriles is 1. The lowest BCUT2D eigenvalue weighted by Crippen LogP contribution is -2.21. The Hall–Kier alpha value is -2.86. The Morgan fingerprint density at radius 2 is 2.04 bits per heavy atom. The van der Waals surface area contributed by atoms with Crippen LogP contribution in [0.5, 0.6) is 0 Å². The number of esters is 1. The summed E-state index contributed by atoms with van der Waals surface area (Å²) in [7, 11) is 0. The number of carbonyl (C=O) groups is 2. The molecule has 1 heterocycles. The van der Waals surface area contributed by atoms with Gasteiger partial charge in [0.2, 0.25) is 0 Å². The highest BCUT2D eigenvalue weighted by molar-refractivity contribution is 7.14. The summed E-state index contributed by atoms with van der Waals surface area (Å²) in [5, 5.41) is 13.2. The average molecular weight is 368 g/mol. The van der Waals surface area contributed by atoms with E-state index in [0.29, 0.717) is 5.00 Å². The summed E-state index contributed by atoms with van der Waals surface area (Å²) in [5.74, 6) is -1.47. The molecule has 0 aliphatic rings. The molecule has 0 aliphatic carbocycles. The number of nitrogens with one attached hydrogen (secondary N) is 1. The Morgan fingerprint density at radius 1 is 1.28 bits per heavy atom. The van der Waals surface area contributed by atoms with Gasteiger partial charge in [-0.2, -0.15) is 18.4 Å². The van der Waals surface area contributed by atoms with Crippen molar-refractivity contribution in [3.63, 3.8) is 0 Å². The van der Waals surface area contributed by atoms with Gasteiger partial charge in [-0.05, 0) is 23.1 Å². The lowest BCUT2D eigenvalue weighted by Gasteiger charge is -2.09. The molecule has 0 unspecified atom stereocenters. The summed E-state index contributed by atoms with van der Waals surface area (Å²) in [4.78, 5) is 23.4. The van der Waals surface area contributed by atoms with Gasteiger partial charge in [0.25, 0.3) is 5.91 Å². The maximum absolute atomic E-state index is 12.6. The number of alkyl halides is 3. The van der Waals surface area contributed by atoms with Crippen LogP contribution in [0, 0.1) is 11.3 Å². The number of amides is 1. The first kappa shape index (κ1) is 18.5. The van der Waals surface area contributed by atoms with E-state index in [4.69, 9.17) is 10.00 Å². The van der Waals surface area contributed by atoms with Gasteiger partial charge in [-0.3, -0.25) is 9.59 Å². The lowest BCUT2D eigenvalue weighted by molar-refractivity contribution is -0.146. The summed E-state index contributed by atoms with van der Waals surface area (Å²) < 4.78 is 42.6. The molecule has 0 aliphatic heterocycles. The molecule has 0 radical (unpaired) electrons. The molecule has 2 aromatic rings. The minimum atomic E-state index is -4.50. The minimum Gasteiger partial charge on any atom is -0.455 e. The number of thiophene rings is 1. The van der Waals surface area contributed by atoms with Crippen LogP contribution >= 0.6 is 11.3 Å². The number of halogens is 3. The number of hydrogen-bond acceptors (Lipinski definition) is 5. The second-order valence-corrected chi connectivity index (χ2v) is 5.78. The Morgan fingerprint density at radius 3 is 2.72 bits per heavy atom. The summed E-state index contributed by atoms with van der Waals surface area (Å²) in [6.07, 6.45) is -4.89. The first-order chi connectivity index (χ1) is 11.8. The minimum absolute atomic E-state index is 0.130. The number of carbonyl (C=O) groups excluding carboxylic acids is 2. The molecule has 5 nitrogen and oxygen atoms in total. The van der Waals surface area contributed by atoms with E-state index >= 15 is 0 Å².